The summed E-state index contributed by atoms with van der Waals surface area (Å²) < 4.78 is 52.7. The van der Waals surface area contributed by atoms with Crippen molar-refractivity contribution in [1.82, 2.24) is 14.9 Å². The molecule has 214 valence electrons. The zero-order valence-electron chi connectivity index (χ0n) is 22.5. The van der Waals surface area contributed by atoms with Crippen molar-refractivity contribution in [1.29, 1.82) is 0 Å². The zero-order chi connectivity index (χ0) is 27.9. The summed E-state index contributed by atoms with van der Waals surface area (Å²) in [7, 11) is 1.74. The first-order chi connectivity index (χ1) is 19.3. The number of halogens is 3. The maximum atomic E-state index is 14.0. The molecule has 0 radical (unpaired) electrons. The molecule has 2 saturated heterocycles. The number of ether oxygens (including phenoxy) is 2. The second kappa shape index (κ2) is 11.5. The van der Waals surface area contributed by atoms with Gasteiger partial charge in [0.25, 0.3) is 0 Å². The van der Waals surface area contributed by atoms with Crippen LogP contribution in [0.15, 0.2) is 35.4 Å². The fraction of sp³-hybridized carbons (Fsp3) is 0.500. The molecule has 3 aliphatic heterocycles. The lowest BCUT2D eigenvalue weighted by atomic mass is 10.1. The maximum Gasteiger partial charge on any atom is 0.420 e. The molecule has 2 unspecified atom stereocenters. The number of methoxy groups -OCH3 is 1. The van der Waals surface area contributed by atoms with Crippen molar-refractivity contribution >= 4 is 40.4 Å². The minimum atomic E-state index is -4.57. The smallest absolute Gasteiger partial charge is 0.383 e. The molecule has 2 bridgehead atoms. The number of aryl methyl sites for hydroxylation is 1. The molecular formula is C28H32F3N5O2S2. The van der Waals surface area contributed by atoms with E-state index in [9.17, 15) is 13.2 Å². The first-order valence-corrected chi connectivity index (χ1v) is 15.3. The molecule has 2 fully saturated rings. The van der Waals surface area contributed by atoms with Gasteiger partial charge in [-0.15, -0.1) is 23.1 Å². The highest BCUT2D eigenvalue weighted by molar-refractivity contribution is 7.99. The Labute approximate surface area is 240 Å². The Morgan fingerprint density at radius 2 is 2.08 bits per heavy atom. The molecule has 2 atom stereocenters. The van der Waals surface area contributed by atoms with Crippen molar-refractivity contribution in [3.8, 4) is 10.6 Å². The van der Waals surface area contributed by atoms with Crippen LogP contribution in [-0.2, 0) is 28.7 Å². The van der Waals surface area contributed by atoms with Crippen LogP contribution in [0.1, 0.15) is 29.3 Å². The summed E-state index contributed by atoms with van der Waals surface area (Å²) in [6, 6.07) is 9.08. The van der Waals surface area contributed by atoms with Gasteiger partial charge in [-0.25, -0.2) is 9.97 Å². The lowest BCUT2D eigenvalue weighted by molar-refractivity contribution is -0.137. The van der Waals surface area contributed by atoms with Crippen LogP contribution in [-0.4, -0.2) is 72.7 Å². The Hall–Kier alpha value is -2.38. The molecule has 5 heterocycles. The zero-order valence-corrected chi connectivity index (χ0v) is 24.1. The maximum absolute atomic E-state index is 14.0. The van der Waals surface area contributed by atoms with Crippen molar-refractivity contribution in [3.63, 3.8) is 0 Å². The number of likely N-dealkylation sites (tertiary alicyclic amines) is 1. The van der Waals surface area contributed by atoms with E-state index < -0.39 is 11.7 Å². The molecule has 1 aromatic carbocycles. The number of thiophene rings is 1. The van der Waals surface area contributed by atoms with Crippen LogP contribution in [0.3, 0.4) is 0 Å². The third kappa shape index (κ3) is 5.56. The highest BCUT2D eigenvalue weighted by atomic mass is 32.2. The number of piperazine rings is 1. The number of benzene rings is 1. The molecule has 12 heteroatoms. The topological polar surface area (TPSA) is 62.8 Å². The van der Waals surface area contributed by atoms with Crippen LogP contribution in [0.5, 0.6) is 0 Å². The molecule has 1 N–H and O–H groups in total. The lowest BCUT2D eigenvalue weighted by Crippen LogP contribution is -2.47. The Morgan fingerprint density at radius 3 is 2.83 bits per heavy atom. The van der Waals surface area contributed by atoms with Crippen LogP contribution < -0.4 is 10.2 Å². The largest absolute Gasteiger partial charge is 0.420 e. The van der Waals surface area contributed by atoms with Gasteiger partial charge in [0.05, 0.1) is 30.4 Å². The molecule has 3 aromatic rings. The van der Waals surface area contributed by atoms with Crippen molar-refractivity contribution < 1.29 is 22.6 Å². The van der Waals surface area contributed by atoms with Gasteiger partial charge in [-0.1, -0.05) is 6.92 Å². The van der Waals surface area contributed by atoms with Gasteiger partial charge in [0.15, 0.2) is 0 Å². The van der Waals surface area contributed by atoms with Gasteiger partial charge in [-0.3, -0.25) is 4.90 Å². The summed E-state index contributed by atoms with van der Waals surface area (Å²) >= 11 is 2.90. The second-order valence-corrected chi connectivity index (χ2v) is 12.5. The first-order valence-electron chi connectivity index (χ1n) is 13.5. The van der Waals surface area contributed by atoms with E-state index >= 15 is 0 Å². The standard InChI is InChI=1S/C28H32F3N5O2S2/c1-3-17-10-18(36-15-19-11-20(36)14-35(19)6-7-37-2)4-5-22(17)33-27-32-13-21(28(29,30)31)26(34-27)24-12-23-25(40-24)16-38-8-9-39-23/h4-5,10,12-13,19-20H,3,6-9,11,14-16H2,1-2H3,(H,32,33,34). The van der Waals surface area contributed by atoms with Gasteiger partial charge in [-0.2, -0.15) is 13.2 Å². The number of aromatic nitrogens is 2. The van der Waals surface area contributed by atoms with Gasteiger partial charge in [0, 0.05) is 71.9 Å². The normalized spacial score (nSPS) is 21.1. The van der Waals surface area contributed by atoms with Crippen LogP contribution in [0, 0.1) is 0 Å². The van der Waals surface area contributed by atoms with Crippen molar-refractivity contribution in [2.45, 2.75) is 49.5 Å². The van der Waals surface area contributed by atoms with Gasteiger partial charge in [-0.05, 0) is 42.7 Å². The number of nitrogens with one attached hydrogen (secondary N) is 1. The van der Waals surface area contributed by atoms with E-state index in [1.54, 1.807) is 24.9 Å². The first kappa shape index (κ1) is 27.8. The predicted octanol–water partition coefficient (Wildman–Crippen LogP) is 6.06. The van der Waals surface area contributed by atoms with Gasteiger partial charge >= 0.3 is 6.18 Å². The monoisotopic (exact) mass is 591 g/mol. The molecule has 7 nitrogen and oxygen atoms in total. The van der Waals surface area contributed by atoms with E-state index in [1.807, 2.05) is 6.07 Å². The quantitative estimate of drug-likeness (QED) is 0.339. The fourth-order valence-electron chi connectivity index (χ4n) is 5.81. The molecule has 0 spiro atoms. The van der Waals surface area contributed by atoms with Gasteiger partial charge in [0.2, 0.25) is 5.95 Å². The van der Waals surface area contributed by atoms with Crippen LogP contribution in [0.2, 0.25) is 0 Å². The molecule has 6 rings (SSSR count). The summed E-state index contributed by atoms with van der Waals surface area (Å²) in [5, 5.41) is 3.21. The van der Waals surface area contributed by atoms with Crippen LogP contribution in [0.4, 0.5) is 30.5 Å². The number of hydrogen-bond donors (Lipinski definition) is 1. The number of hydrogen-bond acceptors (Lipinski definition) is 9. The summed E-state index contributed by atoms with van der Waals surface area (Å²) in [5.74, 6) is 0.916. The minimum absolute atomic E-state index is 0.107. The van der Waals surface area contributed by atoms with E-state index in [1.165, 1.54) is 17.0 Å². The van der Waals surface area contributed by atoms with Gasteiger partial charge in [0.1, 0.15) is 5.56 Å². The second-order valence-electron chi connectivity index (χ2n) is 10.3. The Balaban J connectivity index is 1.25. The fourth-order valence-corrected chi connectivity index (χ4v) is 8.02. The highest BCUT2D eigenvalue weighted by Crippen LogP contribution is 2.43. The van der Waals surface area contributed by atoms with Crippen LogP contribution in [0.25, 0.3) is 10.6 Å². The third-order valence-electron chi connectivity index (χ3n) is 7.80. The molecule has 40 heavy (non-hydrogen) atoms. The van der Waals surface area contributed by atoms with Crippen molar-refractivity contribution in [3.05, 3.63) is 46.5 Å². The summed E-state index contributed by atoms with van der Waals surface area (Å²) in [6.07, 6.45) is -1.76. The molecule has 0 amide bonds. The van der Waals surface area contributed by atoms with E-state index in [2.05, 4.69) is 44.1 Å². The number of thioether (sulfide) groups is 1. The van der Waals surface area contributed by atoms with Crippen molar-refractivity contribution in [2.24, 2.45) is 0 Å². The molecular weight excluding hydrogens is 559 g/mol. The van der Waals surface area contributed by atoms with E-state index in [0.29, 0.717) is 30.2 Å². The number of nitrogens with zero attached hydrogens (tertiary/aromatic N) is 4. The average molecular weight is 592 g/mol. The summed E-state index contributed by atoms with van der Waals surface area (Å²) in [6.45, 7) is 6.84. The number of fused-ring (bicyclic) bond motifs is 3. The molecule has 3 aliphatic rings. The number of alkyl halides is 3. The average Bonchev–Trinajstić information content (AvgIpc) is 3.62. The van der Waals surface area contributed by atoms with Crippen molar-refractivity contribution in [2.75, 3.05) is 55.9 Å². The Morgan fingerprint density at radius 1 is 1.20 bits per heavy atom. The third-order valence-corrected chi connectivity index (χ3v) is 10.1. The van der Waals surface area contributed by atoms with E-state index in [-0.39, 0.29) is 11.6 Å². The minimum Gasteiger partial charge on any atom is -0.383 e. The summed E-state index contributed by atoms with van der Waals surface area (Å²) in [4.78, 5) is 15.8. The van der Waals surface area contributed by atoms with E-state index in [4.69, 9.17) is 9.47 Å². The molecule has 2 aromatic heterocycles. The molecule has 0 saturated carbocycles. The highest BCUT2D eigenvalue weighted by Gasteiger charge is 2.43. The lowest BCUT2D eigenvalue weighted by Gasteiger charge is -2.35. The Bertz CT molecular complexity index is 1340. The van der Waals surface area contributed by atoms with Crippen LogP contribution >= 0.6 is 23.1 Å². The van der Waals surface area contributed by atoms with E-state index in [0.717, 1.165) is 72.1 Å². The Kier molecular flexibility index (Phi) is 7.97. The number of anilines is 3. The summed E-state index contributed by atoms with van der Waals surface area (Å²) in [5.41, 5.74) is 2.10. The number of rotatable bonds is 8. The predicted molar refractivity (Wildman–Crippen MR) is 153 cm³/mol. The van der Waals surface area contributed by atoms with Gasteiger partial charge < -0.3 is 19.7 Å². The SMILES string of the molecule is CCc1cc(N2CC3CC2CN3CCOC)ccc1Nc1ncc(C(F)(F)F)c(-c2cc3c(s2)COCCS3)n1. The molecule has 0 aliphatic carbocycles.